The van der Waals surface area contributed by atoms with Gasteiger partial charge in [-0.2, -0.15) is 13.2 Å². The van der Waals surface area contributed by atoms with E-state index in [-0.39, 0.29) is 107 Å². The summed E-state index contributed by atoms with van der Waals surface area (Å²) < 4.78 is 80.8. The van der Waals surface area contributed by atoms with E-state index in [1.165, 1.54) is 36.4 Å². The van der Waals surface area contributed by atoms with Crippen LogP contribution in [-0.4, -0.2) is 252 Å². The van der Waals surface area contributed by atoms with Crippen molar-refractivity contribution in [3.63, 3.8) is 0 Å². The van der Waals surface area contributed by atoms with Crippen LogP contribution in [0, 0.1) is 17.5 Å². The lowest BCUT2D eigenvalue weighted by atomic mass is 9.91. The number of amides is 3. The van der Waals surface area contributed by atoms with Crippen LogP contribution in [-0.2, 0) is 59.5 Å². The molecule has 15 rings (SSSR count). The molecule has 3 aromatic heterocycles. The molecule has 6 saturated heterocycles. The fraction of sp³-hybridized carbons (Fsp3) is 0.573. The first kappa shape index (κ1) is 85.0. The maximum Gasteiger partial charge on any atom is 0.404 e. The number of hydrogen-bond acceptors (Lipinski definition) is 17. The van der Waals surface area contributed by atoms with E-state index in [0.29, 0.717) is 127 Å². The third-order valence-electron chi connectivity index (χ3n) is 25.0. The number of halogens is 6. The van der Waals surface area contributed by atoms with Gasteiger partial charge in [-0.05, 0) is 161 Å². The third kappa shape index (κ3) is 20.8. The standard InChI is InChI=1S/2C30H40FN5O2.C29H37F4N5O/c2*1-20-16-35(25(15-32-20)17-34-10-9-26(37)11-21(34)2)18-28(38)36-19-30(3,4)29-27(36)13-23(14-33-29)12-22-5-7-24(31)8-6-22;1-19-15-37(23(14-34-19)16-36-10-4-5-25(36)29(31,32)33)17-26(39)38-18-28(2,3)27-24(38)12-21(13-35-27)11-20-6-8-22(30)9-7-20/h2*5-8,13-14,20-21,25,32H,9-12,15-19H2,1-4H3;6-9,12-13,19,23,25,34H,4-5,10-11,14-18H2,1-3H3/t2*20-,21?,25-;19-,23-,25-/m111/s1. The van der Waals surface area contributed by atoms with E-state index < -0.39 is 12.2 Å². The Labute approximate surface area is 674 Å². The van der Waals surface area contributed by atoms with Gasteiger partial charge in [-0.3, -0.25) is 68.3 Å². The highest BCUT2D eigenvalue weighted by Crippen LogP contribution is 2.44. The number of aromatic nitrogens is 3. The van der Waals surface area contributed by atoms with Crippen LogP contribution in [0.2, 0.25) is 0 Å². The van der Waals surface area contributed by atoms with Crippen LogP contribution in [0.25, 0.3) is 0 Å². The summed E-state index contributed by atoms with van der Waals surface area (Å²) in [5, 5.41) is 10.6. The summed E-state index contributed by atoms with van der Waals surface area (Å²) >= 11 is 0. The van der Waals surface area contributed by atoms with Crippen LogP contribution in [0.4, 0.5) is 43.4 Å². The maximum absolute atomic E-state index is 13.9. The van der Waals surface area contributed by atoms with E-state index in [2.05, 4.69) is 122 Å². The number of anilines is 3. The summed E-state index contributed by atoms with van der Waals surface area (Å²) in [5.74, 6) is 0.0278. The van der Waals surface area contributed by atoms with Crippen molar-refractivity contribution in [2.45, 2.75) is 211 Å². The maximum atomic E-state index is 13.9. The number of alkyl halides is 3. The molecule has 3 aromatic carbocycles. The van der Waals surface area contributed by atoms with Crippen molar-refractivity contribution in [1.82, 2.24) is 60.3 Å². The highest BCUT2D eigenvalue weighted by Gasteiger charge is 2.49. The van der Waals surface area contributed by atoms with Crippen molar-refractivity contribution in [2.24, 2.45) is 0 Å². The first-order valence-corrected chi connectivity index (χ1v) is 41.5. The lowest BCUT2D eigenvalue weighted by Gasteiger charge is -2.43. The number of pyridine rings is 3. The Morgan fingerprint density at radius 2 is 0.739 bits per heavy atom. The predicted molar refractivity (Wildman–Crippen MR) is 436 cm³/mol. The fourth-order valence-electron chi connectivity index (χ4n) is 18.7. The number of rotatable bonds is 18. The van der Waals surface area contributed by atoms with Crippen molar-refractivity contribution in [2.75, 3.05) is 133 Å². The molecule has 26 heteroatoms. The Morgan fingerprint density at radius 1 is 0.435 bits per heavy atom. The number of carbonyl (C=O) groups is 5. The molecular formula is C89H117F6N15O5. The number of likely N-dealkylation sites (tertiary alicyclic amines) is 3. The highest BCUT2D eigenvalue weighted by atomic mass is 19.4. The van der Waals surface area contributed by atoms with E-state index >= 15 is 0 Å². The number of piperidine rings is 2. The Hall–Kier alpha value is -7.92. The van der Waals surface area contributed by atoms with Gasteiger partial charge in [0.1, 0.15) is 35.1 Å². The first-order valence-electron chi connectivity index (χ1n) is 41.5. The second-order valence-electron chi connectivity index (χ2n) is 36.2. The summed E-state index contributed by atoms with van der Waals surface area (Å²) in [5.41, 5.74) is 10.4. The molecule has 9 aliphatic rings. The molecule has 6 aromatic rings. The van der Waals surface area contributed by atoms with Gasteiger partial charge in [0.2, 0.25) is 17.7 Å². The van der Waals surface area contributed by atoms with Gasteiger partial charge in [-0.1, -0.05) is 77.9 Å². The molecule has 12 heterocycles. The number of Topliss-reactive ketones (excluding diaryl/α,β-unsaturated/α-hetero) is 2. The van der Waals surface area contributed by atoms with Crippen LogP contribution in [0.3, 0.4) is 0 Å². The number of hydrogen-bond donors (Lipinski definition) is 3. The number of ketones is 2. The van der Waals surface area contributed by atoms with E-state index in [9.17, 15) is 50.3 Å². The molecule has 0 radical (unpaired) electrons. The Bertz CT molecular complexity index is 4250. The molecular weight excluding hydrogens is 1470 g/mol. The summed E-state index contributed by atoms with van der Waals surface area (Å²) in [4.78, 5) is 98.3. The second kappa shape index (κ2) is 35.7. The summed E-state index contributed by atoms with van der Waals surface area (Å²) in [6.45, 7) is 34.3. The van der Waals surface area contributed by atoms with E-state index in [4.69, 9.17) is 15.0 Å². The number of nitrogens with zero attached hydrogens (tertiary/aromatic N) is 12. The molecule has 0 spiro atoms. The third-order valence-corrected chi connectivity index (χ3v) is 25.0. The number of nitrogens with one attached hydrogen (secondary N) is 3. The molecule has 0 saturated carbocycles. The summed E-state index contributed by atoms with van der Waals surface area (Å²) in [7, 11) is 0. The Morgan fingerprint density at radius 3 is 1.03 bits per heavy atom. The molecule has 0 bridgehead atoms. The molecule has 20 nitrogen and oxygen atoms in total. The lowest BCUT2D eigenvalue weighted by molar-refractivity contribution is -0.177. The lowest BCUT2D eigenvalue weighted by Crippen LogP contribution is -2.61. The van der Waals surface area contributed by atoms with Crippen LogP contribution in [0.5, 0.6) is 0 Å². The number of carbonyl (C=O) groups excluding carboxylic acids is 5. The van der Waals surface area contributed by atoms with Gasteiger partial charge in [0.15, 0.2) is 0 Å². The average molecular weight is 1590 g/mol. The van der Waals surface area contributed by atoms with E-state index in [1.54, 1.807) is 46.2 Å². The highest BCUT2D eigenvalue weighted by molar-refractivity contribution is 5.99. The van der Waals surface area contributed by atoms with Crippen molar-refractivity contribution >= 4 is 46.4 Å². The zero-order valence-electron chi connectivity index (χ0n) is 68.9. The molecule has 9 atom stereocenters. The zero-order chi connectivity index (χ0) is 82.0. The van der Waals surface area contributed by atoms with Gasteiger partial charge < -0.3 is 30.7 Å². The minimum atomic E-state index is -4.24. The second-order valence-corrected chi connectivity index (χ2v) is 36.2. The predicted octanol–water partition coefficient (Wildman–Crippen LogP) is 10.4. The molecule has 3 N–H and O–H groups in total. The average Bonchev–Trinajstić information content (AvgIpc) is 1.60. The van der Waals surface area contributed by atoms with Crippen LogP contribution in [0.15, 0.2) is 110 Å². The number of benzene rings is 3. The SMILES string of the molecule is CC1CC(=O)CCN1C[C@H]1CN[C@H](C)CN1CC(=O)N1CC(C)(C)c2ncc(Cc3ccc(F)cc3)cc21.CC1CC(=O)CCN1C[C@H]1CN[C@H](C)CN1CC(=O)N1CC(C)(C)c2ncc(Cc3ccc(F)cc3)cc21.C[C@@H]1CN(CC(=O)N2CC(C)(C)c3ncc(Cc4ccc(F)cc4)cc32)[C@@H](CN2CCC[C@@H]2C(F)(F)F)CN1. The minimum Gasteiger partial charge on any atom is -0.311 e. The first-order chi connectivity index (χ1) is 54.6. The van der Waals surface area contributed by atoms with Gasteiger partial charge >= 0.3 is 6.18 Å². The summed E-state index contributed by atoms with van der Waals surface area (Å²) in [6, 6.07) is 25.6. The van der Waals surface area contributed by atoms with Crippen molar-refractivity contribution in [1.29, 1.82) is 0 Å². The van der Waals surface area contributed by atoms with Gasteiger partial charge in [-0.15, -0.1) is 0 Å². The topological polar surface area (TPSA) is 189 Å². The number of piperazine rings is 3. The molecule has 115 heavy (non-hydrogen) atoms. The van der Waals surface area contributed by atoms with Crippen molar-refractivity contribution < 1.29 is 50.3 Å². The van der Waals surface area contributed by atoms with Crippen molar-refractivity contribution in [3.05, 3.63) is 178 Å². The Kier molecular flexibility index (Phi) is 26.4. The van der Waals surface area contributed by atoms with E-state index in [1.807, 2.05) is 41.4 Å². The van der Waals surface area contributed by atoms with Gasteiger partial charge in [0.25, 0.3) is 0 Å². The molecule has 3 amide bonds. The minimum absolute atomic E-state index is 0.0737. The quantitative estimate of drug-likeness (QED) is 0.0689. The van der Waals surface area contributed by atoms with Crippen LogP contribution < -0.4 is 30.7 Å². The Balaban J connectivity index is 0.000000150. The largest absolute Gasteiger partial charge is 0.404 e. The summed E-state index contributed by atoms with van der Waals surface area (Å²) in [6.07, 6.45) is 6.31. The van der Waals surface area contributed by atoms with Crippen LogP contribution >= 0.6 is 0 Å². The molecule has 6 fully saturated rings. The zero-order valence-corrected chi connectivity index (χ0v) is 68.9. The van der Waals surface area contributed by atoms with Crippen LogP contribution in [0.1, 0.15) is 165 Å². The van der Waals surface area contributed by atoms with E-state index in [0.717, 1.165) is 120 Å². The molecule has 9 aliphatic heterocycles. The smallest absolute Gasteiger partial charge is 0.311 e. The molecule has 2 unspecified atom stereocenters. The molecule has 620 valence electrons. The normalized spacial score (nSPS) is 25.9. The van der Waals surface area contributed by atoms with Gasteiger partial charge in [0.05, 0.1) is 53.8 Å². The van der Waals surface area contributed by atoms with Crippen molar-refractivity contribution in [3.8, 4) is 0 Å². The molecule has 0 aliphatic carbocycles. The van der Waals surface area contributed by atoms with Gasteiger partial charge in [0, 0.05) is 200 Å². The monoisotopic (exact) mass is 1590 g/mol. The van der Waals surface area contributed by atoms with Gasteiger partial charge in [-0.25, -0.2) is 13.2 Å². The fourth-order valence-corrected chi connectivity index (χ4v) is 18.7. The number of fused-ring (bicyclic) bond motifs is 3.